The van der Waals surface area contributed by atoms with Crippen molar-refractivity contribution in [3.8, 4) is 5.69 Å². The van der Waals surface area contributed by atoms with Gasteiger partial charge in [-0.1, -0.05) is 0 Å². The Hall–Kier alpha value is -2.26. The first-order valence-corrected chi connectivity index (χ1v) is 11.1. The molecular formula is C19H25FN4O3S. The number of hydrogen-bond acceptors (Lipinski definition) is 4. The summed E-state index contributed by atoms with van der Waals surface area (Å²) in [6, 6.07) is 6.05. The van der Waals surface area contributed by atoms with Gasteiger partial charge in [0, 0.05) is 37.4 Å². The van der Waals surface area contributed by atoms with Gasteiger partial charge in [-0.3, -0.25) is 4.79 Å². The van der Waals surface area contributed by atoms with Gasteiger partial charge >= 0.3 is 0 Å². The number of benzene rings is 1. The van der Waals surface area contributed by atoms with E-state index in [2.05, 4.69) is 5.10 Å². The summed E-state index contributed by atoms with van der Waals surface area (Å²) in [7, 11) is -3.25. The van der Waals surface area contributed by atoms with Gasteiger partial charge in [-0.2, -0.15) is 5.10 Å². The molecule has 2 aromatic rings. The molecule has 0 aliphatic carbocycles. The van der Waals surface area contributed by atoms with Crippen molar-refractivity contribution in [2.45, 2.75) is 26.7 Å². The Morgan fingerprint density at radius 2 is 1.79 bits per heavy atom. The Bertz CT molecular complexity index is 970. The minimum atomic E-state index is -3.25. The van der Waals surface area contributed by atoms with Crippen molar-refractivity contribution < 1.29 is 17.6 Å². The lowest BCUT2D eigenvalue weighted by Crippen LogP contribution is -2.37. The summed E-state index contributed by atoms with van der Waals surface area (Å²) < 4.78 is 39.8. The number of hydrogen-bond donors (Lipinski definition) is 0. The van der Waals surface area contributed by atoms with Crippen molar-refractivity contribution >= 4 is 15.9 Å². The van der Waals surface area contributed by atoms with Crippen LogP contribution in [0.15, 0.2) is 24.3 Å². The SMILES string of the molecule is Cc1nn(-c2ccc(F)cc2)c(C)c1CC(=O)N1CCCN(S(C)(=O)=O)CC1. The normalized spacial score (nSPS) is 16.2. The number of carbonyl (C=O) groups is 1. The van der Waals surface area contributed by atoms with Crippen LogP contribution in [-0.4, -0.2) is 65.7 Å². The van der Waals surface area contributed by atoms with Crippen molar-refractivity contribution in [2.24, 2.45) is 0 Å². The zero-order chi connectivity index (χ0) is 20.5. The number of rotatable bonds is 4. The minimum Gasteiger partial charge on any atom is -0.341 e. The summed E-state index contributed by atoms with van der Waals surface area (Å²) in [6.07, 6.45) is 2.02. The van der Waals surface area contributed by atoms with Gasteiger partial charge in [-0.05, 0) is 44.5 Å². The highest BCUT2D eigenvalue weighted by Crippen LogP contribution is 2.20. The summed E-state index contributed by atoms with van der Waals surface area (Å²) in [5.41, 5.74) is 3.17. The van der Waals surface area contributed by atoms with Crippen molar-refractivity contribution in [3.63, 3.8) is 0 Å². The molecule has 1 aromatic heterocycles. The predicted molar refractivity (Wildman–Crippen MR) is 104 cm³/mol. The van der Waals surface area contributed by atoms with Gasteiger partial charge in [-0.25, -0.2) is 21.8 Å². The van der Waals surface area contributed by atoms with Gasteiger partial charge < -0.3 is 4.90 Å². The largest absolute Gasteiger partial charge is 0.341 e. The fourth-order valence-corrected chi connectivity index (χ4v) is 4.38. The molecule has 1 aromatic carbocycles. The van der Waals surface area contributed by atoms with E-state index in [0.717, 1.165) is 22.6 Å². The first-order valence-electron chi connectivity index (χ1n) is 9.21. The van der Waals surface area contributed by atoms with Crippen molar-refractivity contribution in [1.29, 1.82) is 0 Å². The van der Waals surface area contributed by atoms with Gasteiger partial charge in [0.1, 0.15) is 5.82 Å². The molecule has 7 nitrogen and oxygen atoms in total. The summed E-state index contributed by atoms with van der Waals surface area (Å²) in [4.78, 5) is 14.6. The van der Waals surface area contributed by atoms with Crippen LogP contribution >= 0.6 is 0 Å². The van der Waals surface area contributed by atoms with Crippen molar-refractivity contribution in [2.75, 3.05) is 32.4 Å². The topological polar surface area (TPSA) is 75.5 Å². The van der Waals surface area contributed by atoms with E-state index in [9.17, 15) is 17.6 Å². The van der Waals surface area contributed by atoms with E-state index in [-0.39, 0.29) is 18.1 Å². The highest BCUT2D eigenvalue weighted by Gasteiger charge is 2.25. The number of aryl methyl sites for hydroxylation is 1. The molecule has 0 saturated carbocycles. The molecule has 1 saturated heterocycles. The molecule has 0 spiro atoms. The van der Waals surface area contributed by atoms with E-state index < -0.39 is 10.0 Å². The monoisotopic (exact) mass is 408 g/mol. The second-order valence-corrected chi connectivity index (χ2v) is 9.09. The molecule has 0 N–H and O–H groups in total. The number of sulfonamides is 1. The third-order valence-corrected chi connectivity index (χ3v) is 6.42. The predicted octanol–water partition coefficient (Wildman–Crippen LogP) is 1.66. The highest BCUT2D eigenvalue weighted by atomic mass is 32.2. The molecule has 1 aliphatic rings. The molecule has 2 heterocycles. The second-order valence-electron chi connectivity index (χ2n) is 7.11. The number of nitrogens with zero attached hydrogens (tertiary/aromatic N) is 4. The van der Waals surface area contributed by atoms with Crippen LogP contribution in [-0.2, 0) is 21.2 Å². The van der Waals surface area contributed by atoms with Crippen LogP contribution in [0.3, 0.4) is 0 Å². The number of aromatic nitrogens is 2. The Labute approximate surface area is 164 Å². The van der Waals surface area contributed by atoms with E-state index in [1.54, 1.807) is 21.7 Å². The van der Waals surface area contributed by atoms with Gasteiger partial charge in [0.25, 0.3) is 0 Å². The van der Waals surface area contributed by atoms with Crippen molar-refractivity contribution in [1.82, 2.24) is 19.0 Å². The maximum Gasteiger partial charge on any atom is 0.227 e. The lowest BCUT2D eigenvalue weighted by atomic mass is 10.1. The molecule has 1 amide bonds. The van der Waals surface area contributed by atoms with E-state index >= 15 is 0 Å². The number of carbonyl (C=O) groups excluding carboxylic acids is 1. The van der Waals surface area contributed by atoms with Crippen LogP contribution in [0, 0.1) is 19.7 Å². The van der Waals surface area contributed by atoms with E-state index in [1.165, 1.54) is 22.7 Å². The first-order chi connectivity index (χ1) is 13.2. The van der Waals surface area contributed by atoms with E-state index in [1.807, 2.05) is 13.8 Å². The maximum absolute atomic E-state index is 13.2. The van der Waals surface area contributed by atoms with Gasteiger partial charge in [-0.15, -0.1) is 0 Å². The minimum absolute atomic E-state index is 0.0415. The maximum atomic E-state index is 13.2. The molecule has 1 aliphatic heterocycles. The lowest BCUT2D eigenvalue weighted by molar-refractivity contribution is -0.130. The molecule has 0 atom stereocenters. The Kier molecular flexibility index (Phi) is 5.85. The number of amides is 1. The third kappa shape index (κ3) is 4.41. The molecule has 0 unspecified atom stereocenters. The summed E-state index contributed by atoms with van der Waals surface area (Å²) in [5.74, 6) is -0.356. The molecular weight excluding hydrogens is 383 g/mol. The van der Waals surface area contributed by atoms with Crippen LogP contribution in [0.1, 0.15) is 23.4 Å². The summed E-state index contributed by atoms with van der Waals surface area (Å²) in [5, 5.41) is 4.51. The Morgan fingerprint density at radius 1 is 1.11 bits per heavy atom. The second kappa shape index (κ2) is 8.00. The summed E-state index contributed by atoms with van der Waals surface area (Å²) >= 11 is 0. The van der Waals surface area contributed by atoms with Gasteiger partial charge in [0.2, 0.25) is 15.9 Å². The zero-order valence-electron chi connectivity index (χ0n) is 16.4. The van der Waals surface area contributed by atoms with Crippen LogP contribution in [0.25, 0.3) is 5.69 Å². The van der Waals surface area contributed by atoms with E-state index in [4.69, 9.17) is 0 Å². The van der Waals surface area contributed by atoms with Gasteiger partial charge in [0.05, 0.1) is 24.1 Å². The van der Waals surface area contributed by atoms with Crippen molar-refractivity contribution in [3.05, 3.63) is 47.0 Å². The molecule has 28 heavy (non-hydrogen) atoms. The third-order valence-electron chi connectivity index (χ3n) is 5.12. The van der Waals surface area contributed by atoms with E-state index in [0.29, 0.717) is 32.6 Å². The van der Waals surface area contributed by atoms with Crippen LogP contribution in [0.4, 0.5) is 4.39 Å². The standard InChI is InChI=1S/C19H25FN4O3S/c1-14-18(15(2)24(21-14)17-7-5-16(20)6-8-17)13-19(25)22-9-4-10-23(12-11-22)28(3,26)27/h5-8H,4,9-13H2,1-3H3. The average Bonchev–Trinajstić information content (AvgIpc) is 2.82. The smallest absolute Gasteiger partial charge is 0.227 e. The molecule has 9 heteroatoms. The van der Waals surface area contributed by atoms with Crippen LogP contribution in [0.2, 0.25) is 0 Å². The fraction of sp³-hybridized carbons (Fsp3) is 0.474. The lowest BCUT2D eigenvalue weighted by Gasteiger charge is -2.21. The molecule has 152 valence electrons. The molecule has 1 fully saturated rings. The van der Waals surface area contributed by atoms with Gasteiger partial charge in [0.15, 0.2) is 0 Å². The molecule has 0 radical (unpaired) electrons. The zero-order valence-corrected chi connectivity index (χ0v) is 17.2. The molecule has 0 bridgehead atoms. The number of halogens is 1. The highest BCUT2D eigenvalue weighted by molar-refractivity contribution is 7.88. The summed E-state index contributed by atoms with van der Waals surface area (Å²) in [6.45, 7) is 5.41. The fourth-order valence-electron chi connectivity index (χ4n) is 3.50. The Morgan fingerprint density at radius 3 is 2.43 bits per heavy atom. The average molecular weight is 408 g/mol. The van der Waals surface area contributed by atoms with Crippen LogP contribution < -0.4 is 0 Å². The first kappa shape index (κ1) is 20.5. The Balaban J connectivity index is 1.75. The van der Waals surface area contributed by atoms with Crippen LogP contribution in [0.5, 0.6) is 0 Å². The molecule has 3 rings (SSSR count). The quantitative estimate of drug-likeness (QED) is 0.771.